The van der Waals surface area contributed by atoms with Crippen molar-refractivity contribution in [2.75, 3.05) is 6.61 Å². The van der Waals surface area contributed by atoms with E-state index in [4.69, 9.17) is 9.16 Å². The molecule has 0 saturated carbocycles. The Balaban J connectivity index is 1.98. The van der Waals surface area contributed by atoms with E-state index < -0.39 is 14.3 Å². The quantitative estimate of drug-likeness (QED) is 0.273. The maximum atomic E-state index is 12.0. The fourth-order valence-electron chi connectivity index (χ4n) is 3.38. The van der Waals surface area contributed by atoms with E-state index in [-0.39, 0.29) is 17.4 Å². The average Bonchev–Trinajstić information content (AvgIpc) is 3.11. The van der Waals surface area contributed by atoms with E-state index in [0.29, 0.717) is 30.2 Å². The van der Waals surface area contributed by atoms with Crippen molar-refractivity contribution >= 4 is 25.3 Å². The summed E-state index contributed by atoms with van der Waals surface area (Å²) in [6.07, 6.45) is 1.98. The predicted molar refractivity (Wildman–Crippen MR) is 137 cm³/mol. The molecule has 1 N–H and O–H groups in total. The number of fused-ring (bicyclic) bond motifs is 1. The lowest BCUT2D eigenvalue weighted by atomic mass is 10.2. The number of nitrogens with zero attached hydrogens (tertiary/aromatic N) is 3. The maximum absolute atomic E-state index is 12.0. The van der Waals surface area contributed by atoms with Gasteiger partial charge in [-0.2, -0.15) is 0 Å². The van der Waals surface area contributed by atoms with Gasteiger partial charge in [0, 0.05) is 5.69 Å². The molecule has 0 atom stereocenters. The summed E-state index contributed by atoms with van der Waals surface area (Å²) in [6.45, 7) is 16.5. The van der Waals surface area contributed by atoms with Crippen molar-refractivity contribution in [2.45, 2.75) is 78.7 Å². The number of pyridine rings is 1. The lowest BCUT2D eigenvalue weighted by Gasteiger charge is -2.36. The SMILES string of the molecule is CCCCOc1ccc(C)nc1Cn1c(C(=O)O)nc2ccc(CO[Si](C)(C)C(C)(C)C)cc21. The summed E-state index contributed by atoms with van der Waals surface area (Å²) in [5, 5.41) is 9.97. The summed E-state index contributed by atoms with van der Waals surface area (Å²) in [6, 6.07) is 9.62. The second kappa shape index (κ2) is 10.3. The van der Waals surface area contributed by atoms with Gasteiger partial charge < -0.3 is 18.8 Å². The Labute approximate surface area is 203 Å². The summed E-state index contributed by atoms with van der Waals surface area (Å²) in [4.78, 5) is 21.1. The Morgan fingerprint density at radius 3 is 2.53 bits per heavy atom. The van der Waals surface area contributed by atoms with Crippen molar-refractivity contribution in [3.8, 4) is 5.75 Å². The van der Waals surface area contributed by atoms with Crippen LogP contribution in [0.2, 0.25) is 18.1 Å². The molecule has 0 amide bonds. The summed E-state index contributed by atoms with van der Waals surface area (Å²) < 4.78 is 14.1. The molecule has 7 nitrogen and oxygen atoms in total. The number of ether oxygens (including phenoxy) is 1. The number of rotatable bonds is 10. The Bertz CT molecular complexity index is 1160. The fraction of sp³-hybridized carbons (Fsp3) is 0.500. The van der Waals surface area contributed by atoms with Gasteiger partial charge in [0.05, 0.1) is 30.8 Å². The zero-order valence-corrected chi connectivity index (χ0v) is 22.4. The predicted octanol–water partition coefficient (Wildman–Crippen LogP) is 6.19. The van der Waals surface area contributed by atoms with E-state index in [2.05, 4.69) is 50.8 Å². The largest absolute Gasteiger partial charge is 0.492 e. The van der Waals surface area contributed by atoms with Gasteiger partial charge in [-0.3, -0.25) is 4.98 Å². The molecule has 3 rings (SSSR count). The van der Waals surface area contributed by atoms with Crippen LogP contribution in [-0.4, -0.2) is 40.5 Å². The molecule has 0 aliphatic carbocycles. The lowest BCUT2D eigenvalue weighted by Crippen LogP contribution is -2.40. The Morgan fingerprint density at radius 1 is 1.15 bits per heavy atom. The number of hydrogen-bond acceptors (Lipinski definition) is 5. The van der Waals surface area contributed by atoms with Gasteiger partial charge in [-0.25, -0.2) is 9.78 Å². The van der Waals surface area contributed by atoms with Gasteiger partial charge in [0.15, 0.2) is 8.32 Å². The average molecular weight is 484 g/mol. The molecule has 34 heavy (non-hydrogen) atoms. The number of imidazole rings is 1. The molecule has 8 heteroatoms. The van der Waals surface area contributed by atoms with Crippen molar-refractivity contribution < 1.29 is 19.1 Å². The number of carbonyl (C=O) groups is 1. The molecule has 0 unspecified atom stereocenters. The van der Waals surface area contributed by atoms with E-state index in [1.165, 1.54) is 0 Å². The van der Waals surface area contributed by atoms with Gasteiger partial charge in [0.2, 0.25) is 5.82 Å². The van der Waals surface area contributed by atoms with E-state index >= 15 is 0 Å². The smallest absolute Gasteiger partial charge is 0.372 e. The molecular weight excluding hydrogens is 446 g/mol. The normalized spacial score (nSPS) is 12.3. The van der Waals surface area contributed by atoms with Crippen molar-refractivity contribution in [1.29, 1.82) is 0 Å². The number of benzene rings is 1. The van der Waals surface area contributed by atoms with Crippen LogP contribution in [0, 0.1) is 6.92 Å². The Kier molecular flexibility index (Phi) is 7.83. The van der Waals surface area contributed by atoms with Gasteiger partial charge in [-0.1, -0.05) is 40.2 Å². The topological polar surface area (TPSA) is 86.5 Å². The molecule has 184 valence electrons. The van der Waals surface area contributed by atoms with Crippen LogP contribution in [0.1, 0.15) is 68.1 Å². The zero-order chi connectivity index (χ0) is 25.1. The van der Waals surface area contributed by atoms with Crippen LogP contribution in [0.5, 0.6) is 5.75 Å². The minimum Gasteiger partial charge on any atom is -0.492 e. The second-order valence-corrected chi connectivity index (χ2v) is 15.1. The van der Waals surface area contributed by atoms with E-state index in [1.54, 1.807) is 4.57 Å². The Morgan fingerprint density at radius 2 is 1.88 bits per heavy atom. The maximum Gasteiger partial charge on any atom is 0.372 e. The van der Waals surface area contributed by atoms with Gasteiger partial charge in [-0.15, -0.1) is 0 Å². The highest BCUT2D eigenvalue weighted by atomic mass is 28.4. The van der Waals surface area contributed by atoms with Gasteiger partial charge in [0.1, 0.15) is 11.4 Å². The molecule has 0 saturated heterocycles. The first-order valence-electron chi connectivity index (χ1n) is 11.9. The summed E-state index contributed by atoms with van der Waals surface area (Å²) in [5.74, 6) is -0.411. The van der Waals surface area contributed by atoms with Crippen molar-refractivity contribution in [2.24, 2.45) is 0 Å². The van der Waals surface area contributed by atoms with Crippen molar-refractivity contribution in [1.82, 2.24) is 14.5 Å². The van der Waals surface area contributed by atoms with Gasteiger partial charge >= 0.3 is 5.97 Å². The molecule has 2 aromatic heterocycles. The van der Waals surface area contributed by atoms with Crippen LogP contribution in [-0.2, 0) is 17.6 Å². The summed E-state index contributed by atoms with van der Waals surface area (Å²) >= 11 is 0. The molecule has 0 fully saturated rings. The molecule has 3 aromatic rings. The van der Waals surface area contributed by atoms with Gasteiger partial charge in [-0.05, 0) is 61.3 Å². The third kappa shape index (κ3) is 5.85. The van der Waals surface area contributed by atoms with Crippen LogP contribution >= 0.6 is 0 Å². The van der Waals surface area contributed by atoms with Crippen molar-refractivity contribution in [3.63, 3.8) is 0 Å². The summed E-state index contributed by atoms with van der Waals surface area (Å²) in [7, 11) is -1.92. The minimum atomic E-state index is -1.92. The Hall–Kier alpha value is -2.71. The highest BCUT2D eigenvalue weighted by Crippen LogP contribution is 2.37. The molecule has 2 heterocycles. The molecule has 0 aliphatic rings. The number of carboxylic acids is 1. The third-order valence-corrected chi connectivity index (χ3v) is 11.0. The van der Waals surface area contributed by atoms with Crippen LogP contribution in [0.4, 0.5) is 0 Å². The zero-order valence-electron chi connectivity index (χ0n) is 21.4. The van der Waals surface area contributed by atoms with Crippen LogP contribution in [0.15, 0.2) is 30.3 Å². The number of unbranched alkanes of at least 4 members (excludes halogenated alkanes) is 1. The third-order valence-electron chi connectivity index (χ3n) is 6.54. The first kappa shape index (κ1) is 25.9. The standard InChI is InChI=1S/C26H37N3O4Si/c1-8-9-14-32-23-13-10-18(2)27-21(23)16-29-22-15-19(17-33-34(6,7)26(3,4)5)11-12-20(22)28-24(29)25(30)31/h10-13,15H,8-9,14,16-17H2,1-7H3,(H,30,31). The minimum absolute atomic E-state index is 0.0136. The number of aryl methyl sites for hydroxylation is 1. The number of hydrogen-bond donors (Lipinski definition) is 1. The highest BCUT2D eigenvalue weighted by molar-refractivity contribution is 6.74. The first-order chi connectivity index (χ1) is 15.9. The molecule has 0 radical (unpaired) electrons. The van der Waals surface area contributed by atoms with E-state index in [9.17, 15) is 9.90 Å². The van der Waals surface area contributed by atoms with Crippen molar-refractivity contribution in [3.05, 3.63) is 53.1 Å². The molecular formula is C26H37N3O4Si. The molecule has 0 spiro atoms. The monoisotopic (exact) mass is 483 g/mol. The number of aromatic carboxylic acids is 1. The summed E-state index contributed by atoms with van der Waals surface area (Å²) in [5.41, 5.74) is 3.92. The van der Waals surface area contributed by atoms with Crippen LogP contribution in [0.25, 0.3) is 11.0 Å². The van der Waals surface area contributed by atoms with E-state index in [0.717, 1.165) is 29.6 Å². The number of aromatic nitrogens is 3. The van der Waals surface area contributed by atoms with Crippen LogP contribution in [0.3, 0.4) is 0 Å². The van der Waals surface area contributed by atoms with Gasteiger partial charge in [0.25, 0.3) is 0 Å². The number of carboxylic acid groups (broad SMARTS) is 1. The lowest BCUT2D eigenvalue weighted by molar-refractivity contribution is 0.0679. The fourth-order valence-corrected chi connectivity index (χ4v) is 4.34. The van der Waals surface area contributed by atoms with E-state index in [1.807, 2.05) is 37.3 Å². The highest BCUT2D eigenvalue weighted by Gasteiger charge is 2.37. The molecule has 0 aliphatic heterocycles. The molecule has 1 aromatic carbocycles. The molecule has 0 bridgehead atoms. The first-order valence-corrected chi connectivity index (χ1v) is 14.8. The van der Waals surface area contributed by atoms with Crippen LogP contribution < -0.4 is 4.74 Å². The second-order valence-electron chi connectivity index (χ2n) is 10.3.